The third-order valence-corrected chi connectivity index (χ3v) is 2.24. The second kappa shape index (κ2) is 5.92. The molecule has 1 aromatic carbocycles. The van der Waals surface area contributed by atoms with Gasteiger partial charge in [-0.15, -0.1) is 13.2 Å². The van der Waals surface area contributed by atoms with Gasteiger partial charge in [-0.05, 0) is 19.9 Å². The maximum absolute atomic E-state index is 12.3. The topological polar surface area (TPSA) is 64.3 Å². The molecule has 1 rings (SSSR count). The van der Waals surface area contributed by atoms with Gasteiger partial charge in [0.15, 0.2) is 0 Å². The van der Waals surface area contributed by atoms with E-state index in [2.05, 4.69) is 10.1 Å². The summed E-state index contributed by atoms with van der Waals surface area (Å²) in [5.41, 5.74) is 5.27. The molecule has 106 valence electrons. The molecule has 1 unspecified atom stereocenters. The smallest absolute Gasteiger partial charge is 0.405 e. The van der Waals surface area contributed by atoms with Gasteiger partial charge < -0.3 is 10.5 Å². The third kappa shape index (κ3) is 4.78. The van der Waals surface area contributed by atoms with Crippen LogP contribution in [0, 0.1) is 0 Å². The van der Waals surface area contributed by atoms with Crippen molar-refractivity contribution in [3.05, 3.63) is 29.8 Å². The molecule has 1 aromatic rings. The summed E-state index contributed by atoms with van der Waals surface area (Å²) in [6.07, 6.45) is -4.82. The van der Waals surface area contributed by atoms with Crippen molar-refractivity contribution in [1.82, 2.24) is 5.32 Å². The van der Waals surface area contributed by atoms with Crippen molar-refractivity contribution in [3.8, 4) is 5.75 Å². The highest BCUT2D eigenvalue weighted by Gasteiger charge is 2.33. The van der Waals surface area contributed by atoms with E-state index in [0.29, 0.717) is 0 Å². The summed E-state index contributed by atoms with van der Waals surface area (Å²) in [6, 6.07) is 4.23. The minimum absolute atomic E-state index is 0.0565. The van der Waals surface area contributed by atoms with E-state index in [4.69, 9.17) is 5.73 Å². The molecule has 19 heavy (non-hydrogen) atoms. The highest BCUT2D eigenvalue weighted by molar-refractivity contribution is 5.82. The lowest BCUT2D eigenvalue weighted by Crippen LogP contribution is -2.38. The lowest BCUT2D eigenvalue weighted by atomic mass is 10.0. The van der Waals surface area contributed by atoms with E-state index >= 15 is 0 Å². The zero-order valence-electron chi connectivity index (χ0n) is 10.5. The lowest BCUT2D eigenvalue weighted by molar-refractivity contribution is -0.275. The second-order valence-electron chi connectivity index (χ2n) is 4.24. The van der Waals surface area contributed by atoms with E-state index in [9.17, 15) is 18.0 Å². The highest BCUT2D eigenvalue weighted by atomic mass is 19.4. The predicted molar refractivity (Wildman–Crippen MR) is 63.3 cm³/mol. The number of hydrogen-bond acceptors (Lipinski definition) is 3. The first-order valence-electron chi connectivity index (χ1n) is 5.60. The fourth-order valence-corrected chi connectivity index (χ4v) is 1.60. The lowest BCUT2D eigenvalue weighted by Gasteiger charge is -2.21. The van der Waals surface area contributed by atoms with Crippen LogP contribution in [0.2, 0.25) is 0 Å². The van der Waals surface area contributed by atoms with Crippen LogP contribution in [-0.2, 0) is 4.79 Å². The summed E-state index contributed by atoms with van der Waals surface area (Å²) in [6.45, 7) is 3.51. The molecule has 1 amide bonds. The number of carbonyl (C=O) groups is 1. The van der Waals surface area contributed by atoms with Crippen LogP contribution in [-0.4, -0.2) is 18.3 Å². The Morgan fingerprint density at radius 2 is 1.89 bits per heavy atom. The van der Waals surface area contributed by atoms with E-state index < -0.39 is 24.1 Å². The van der Waals surface area contributed by atoms with Gasteiger partial charge in [0.1, 0.15) is 11.8 Å². The van der Waals surface area contributed by atoms with Gasteiger partial charge >= 0.3 is 6.36 Å². The van der Waals surface area contributed by atoms with E-state index in [-0.39, 0.29) is 11.6 Å². The van der Waals surface area contributed by atoms with Crippen molar-refractivity contribution in [2.45, 2.75) is 32.3 Å². The average Bonchev–Trinajstić information content (AvgIpc) is 2.24. The minimum atomic E-state index is -4.82. The maximum atomic E-state index is 12.3. The summed E-state index contributed by atoms with van der Waals surface area (Å²) < 4.78 is 40.8. The molecule has 0 aliphatic heterocycles. The number of amides is 1. The molecule has 0 aromatic heterocycles. The van der Waals surface area contributed by atoms with E-state index in [1.807, 2.05) is 0 Å². The molecule has 0 heterocycles. The van der Waals surface area contributed by atoms with E-state index in [1.165, 1.54) is 18.2 Å². The van der Waals surface area contributed by atoms with Crippen molar-refractivity contribution >= 4 is 5.91 Å². The number of carbonyl (C=O) groups excluding carboxylic acids is 1. The Kier molecular flexibility index (Phi) is 4.77. The minimum Gasteiger partial charge on any atom is -0.405 e. The van der Waals surface area contributed by atoms with Crippen LogP contribution in [0.15, 0.2) is 24.3 Å². The molecule has 0 fully saturated rings. The number of hydrogen-bond donors (Lipinski definition) is 2. The molecule has 0 radical (unpaired) electrons. The Hall–Kier alpha value is -1.76. The molecule has 3 N–H and O–H groups in total. The maximum Gasteiger partial charge on any atom is 0.573 e. The number of nitrogens with one attached hydrogen (secondary N) is 1. The number of benzene rings is 1. The fourth-order valence-electron chi connectivity index (χ4n) is 1.60. The largest absolute Gasteiger partial charge is 0.573 e. The van der Waals surface area contributed by atoms with Gasteiger partial charge in [0.25, 0.3) is 0 Å². The van der Waals surface area contributed by atoms with Crippen molar-refractivity contribution < 1.29 is 22.7 Å². The average molecular weight is 276 g/mol. The number of rotatable bonds is 5. The molecule has 0 aliphatic rings. The van der Waals surface area contributed by atoms with Gasteiger partial charge in [-0.2, -0.15) is 0 Å². The van der Waals surface area contributed by atoms with Gasteiger partial charge in [-0.3, -0.25) is 10.1 Å². The number of alkyl halides is 3. The Morgan fingerprint density at radius 3 is 2.37 bits per heavy atom. The molecule has 4 nitrogen and oxygen atoms in total. The van der Waals surface area contributed by atoms with Crippen molar-refractivity contribution in [2.75, 3.05) is 0 Å². The van der Waals surface area contributed by atoms with Gasteiger partial charge in [0.2, 0.25) is 5.91 Å². The molecule has 0 spiro atoms. The SMILES string of the molecule is CC(C)NC(C(N)=O)c1ccccc1OC(F)(F)F. The van der Waals surface area contributed by atoms with Crippen molar-refractivity contribution in [2.24, 2.45) is 5.73 Å². The van der Waals surface area contributed by atoms with Crippen LogP contribution < -0.4 is 15.8 Å². The molecule has 7 heteroatoms. The summed E-state index contributed by atoms with van der Waals surface area (Å²) in [5.74, 6) is -1.21. The van der Waals surface area contributed by atoms with Crippen LogP contribution >= 0.6 is 0 Å². The van der Waals surface area contributed by atoms with Gasteiger partial charge in [-0.1, -0.05) is 18.2 Å². The van der Waals surface area contributed by atoms with Crippen LogP contribution in [0.4, 0.5) is 13.2 Å². The monoisotopic (exact) mass is 276 g/mol. The first kappa shape index (κ1) is 15.3. The number of halogens is 3. The zero-order chi connectivity index (χ0) is 14.6. The zero-order valence-corrected chi connectivity index (χ0v) is 10.5. The second-order valence-corrected chi connectivity index (χ2v) is 4.24. The van der Waals surface area contributed by atoms with Crippen LogP contribution in [0.1, 0.15) is 25.5 Å². The van der Waals surface area contributed by atoms with E-state index in [1.54, 1.807) is 13.8 Å². The Balaban J connectivity index is 3.12. The third-order valence-electron chi connectivity index (χ3n) is 2.24. The Labute approximate surface area is 108 Å². The Bertz CT molecular complexity index is 447. The molecule has 0 saturated carbocycles. The predicted octanol–water partition coefficient (Wildman–Crippen LogP) is 2.11. The van der Waals surface area contributed by atoms with Crippen LogP contribution in [0.25, 0.3) is 0 Å². The van der Waals surface area contributed by atoms with Crippen LogP contribution in [0.3, 0.4) is 0 Å². The van der Waals surface area contributed by atoms with Gasteiger partial charge in [0.05, 0.1) is 0 Å². The Morgan fingerprint density at radius 1 is 1.32 bits per heavy atom. The number of nitrogens with two attached hydrogens (primary N) is 1. The van der Waals surface area contributed by atoms with Gasteiger partial charge in [0, 0.05) is 11.6 Å². The summed E-state index contributed by atoms with van der Waals surface area (Å²) in [4.78, 5) is 11.4. The number of para-hydroxylation sites is 1. The quantitative estimate of drug-likeness (QED) is 0.865. The molecule has 1 atom stereocenters. The van der Waals surface area contributed by atoms with Gasteiger partial charge in [-0.25, -0.2) is 0 Å². The van der Waals surface area contributed by atoms with Crippen molar-refractivity contribution in [3.63, 3.8) is 0 Å². The molecule has 0 bridgehead atoms. The molecule has 0 aliphatic carbocycles. The summed E-state index contributed by atoms with van der Waals surface area (Å²) in [5, 5.41) is 2.80. The highest BCUT2D eigenvalue weighted by Crippen LogP contribution is 2.30. The molecular formula is C12H15F3N2O2. The first-order chi connectivity index (χ1) is 8.70. The summed E-state index contributed by atoms with van der Waals surface area (Å²) >= 11 is 0. The number of primary amides is 1. The standard InChI is InChI=1S/C12H15F3N2O2/c1-7(2)17-10(11(16)18)8-5-3-4-6-9(8)19-12(13,14)15/h3-7,10,17H,1-2H3,(H2,16,18). The molecular weight excluding hydrogens is 261 g/mol. The molecule has 0 saturated heterocycles. The van der Waals surface area contributed by atoms with E-state index in [0.717, 1.165) is 6.07 Å². The first-order valence-corrected chi connectivity index (χ1v) is 5.60. The normalized spacial score (nSPS) is 13.4. The van der Waals surface area contributed by atoms with Crippen LogP contribution in [0.5, 0.6) is 5.75 Å². The number of ether oxygens (including phenoxy) is 1. The fraction of sp³-hybridized carbons (Fsp3) is 0.417. The summed E-state index contributed by atoms with van der Waals surface area (Å²) in [7, 11) is 0. The van der Waals surface area contributed by atoms with Crippen molar-refractivity contribution in [1.29, 1.82) is 0 Å².